The molecule has 68 valence electrons. The third-order valence-corrected chi connectivity index (χ3v) is 2.30. The van der Waals surface area contributed by atoms with Gasteiger partial charge in [0, 0.05) is 19.0 Å². The van der Waals surface area contributed by atoms with Crippen LogP contribution in [0.4, 0.5) is 0 Å². The molecule has 12 heavy (non-hydrogen) atoms. The predicted octanol–water partition coefficient (Wildman–Crippen LogP) is 0.0602. The van der Waals surface area contributed by atoms with Crippen LogP contribution in [0.5, 0.6) is 0 Å². The van der Waals surface area contributed by atoms with Gasteiger partial charge in [-0.1, -0.05) is 5.16 Å². The maximum Gasteiger partial charge on any atom is 0.184 e. The summed E-state index contributed by atoms with van der Waals surface area (Å²) in [4.78, 5) is 5.18. The normalized spacial score (nSPS) is 34.9. The van der Waals surface area contributed by atoms with Crippen LogP contribution in [0.1, 0.15) is 19.8 Å². The van der Waals surface area contributed by atoms with Gasteiger partial charge in [-0.25, -0.2) is 0 Å². The lowest BCUT2D eigenvalue weighted by Gasteiger charge is -2.15. The van der Waals surface area contributed by atoms with Crippen molar-refractivity contribution in [1.82, 2.24) is 10.6 Å². The molecule has 4 heteroatoms. The first-order valence-electron chi connectivity index (χ1n) is 4.50. The number of hydrogen-bond acceptors (Lipinski definition) is 4. The van der Waals surface area contributed by atoms with Gasteiger partial charge < -0.3 is 10.2 Å². The van der Waals surface area contributed by atoms with Gasteiger partial charge in [0.15, 0.2) is 6.23 Å². The molecule has 2 heterocycles. The Morgan fingerprint density at radius 1 is 1.67 bits per heavy atom. The average Bonchev–Trinajstić information content (AvgIpc) is 2.63. The zero-order chi connectivity index (χ0) is 8.39. The Labute approximate surface area is 72.3 Å². The Morgan fingerprint density at radius 3 is 3.17 bits per heavy atom. The first-order valence-corrected chi connectivity index (χ1v) is 4.50. The van der Waals surface area contributed by atoms with E-state index < -0.39 is 0 Å². The molecule has 0 amide bonds. The fourth-order valence-corrected chi connectivity index (χ4v) is 1.65. The van der Waals surface area contributed by atoms with Gasteiger partial charge >= 0.3 is 0 Å². The topological polar surface area (TPSA) is 45.6 Å². The summed E-state index contributed by atoms with van der Waals surface area (Å²) in [6.07, 6.45) is 2.24. The van der Waals surface area contributed by atoms with E-state index in [2.05, 4.69) is 15.8 Å². The minimum atomic E-state index is 0.120. The molecule has 1 fully saturated rings. The van der Waals surface area contributed by atoms with Crippen LogP contribution in [0, 0.1) is 0 Å². The molecule has 2 aliphatic rings. The highest BCUT2D eigenvalue weighted by atomic mass is 16.7. The van der Waals surface area contributed by atoms with Crippen LogP contribution in [-0.4, -0.2) is 31.1 Å². The van der Waals surface area contributed by atoms with E-state index in [1.807, 2.05) is 6.92 Å². The third kappa shape index (κ3) is 1.76. The summed E-state index contributed by atoms with van der Waals surface area (Å²) in [5.41, 5.74) is 1.08. The molecule has 2 rings (SSSR count). The van der Waals surface area contributed by atoms with Crippen LogP contribution in [0.2, 0.25) is 0 Å². The second kappa shape index (κ2) is 3.41. The van der Waals surface area contributed by atoms with Gasteiger partial charge in [0.25, 0.3) is 0 Å². The molecular formula is C8H15N3O. The van der Waals surface area contributed by atoms with Crippen molar-refractivity contribution < 1.29 is 4.84 Å². The van der Waals surface area contributed by atoms with Gasteiger partial charge in [0.2, 0.25) is 0 Å². The maximum atomic E-state index is 5.18. The Hall–Kier alpha value is -0.610. The van der Waals surface area contributed by atoms with E-state index in [4.69, 9.17) is 4.84 Å². The fraction of sp³-hybridized carbons (Fsp3) is 0.875. The molecule has 0 spiro atoms. The molecule has 0 aromatic heterocycles. The molecule has 0 aromatic carbocycles. The van der Waals surface area contributed by atoms with Crippen molar-refractivity contribution in [3.8, 4) is 0 Å². The van der Waals surface area contributed by atoms with Crippen LogP contribution in [0.3, 0.4) is 0 Å². The number of oxime groups is 1. The third-order valence-electron chi connectivity index (χ3n) is 2.30. The monoisotopic (exact) mass is 169 g/mol. The summed E-state index contributed by atoms with van der Waals surface area (Å²) in [6.45, 7) is 4.16. The summed E-state index contributed by atoms with van der Waals surface area (Å²) in [6, 6.07) is 0.566. The molecule has 2 atom stereocenters. The molecule has 0 aliphatic carbocycles. The molecule has 1 unspecified atom stereocenters. The highest BCUT2D eigenvalue weighted by Gasteiger charge is 2.23. The lowest BCUT2D eigenvalue weighted by atomic mass is 10.2. The fourth-order valence-electron chi connectivity index (χ4n) is 1.65. The molecule has 2 aliphatic heterocycles. The lowest BCUT2D eigenvalue weighted by Crippen LogP contribution is -2.39. The van der Waals surface area contributed by atoms with E-state index in [1.54, 1.807) is 0 Å². The van der Waals surface area contributed by atoms with Crippen molar-refractivity contribution in [2.24, 2.45) is 5.16 Å². The Morgan fingerprint density at radius 2 is 2.58 bits per heavy atom. The van der Waals surface area contributed by atoms with Gasteiger partial charge in [-0.05, 0) is 19.9 Å². The van der Waals surface area contributed by atoms with Crippen LogP contribution in [0.15, 0.2) is 5.16 Å². The van der Waals surface area contributed by atoms with Crippen molar-refractivity contribution in [3.63, 3.8) is 0 Å². The number of rotatable bonds is 2. The maximum absolute atomic E-state index is 5.18. The van der Waals surface area contributed by atoms with Gasteiger partial charge in [-0.2, -0.15) is 0 Å². The summed E-state index contributed by atoms with van der Waals surface area (Å²) in [5, 5.41) is 10.6. The molecule has 2 N–H and O–H groups in total. The minimum Gasteiger partial charge on any atom is -0.376 e. The minimum absolute atomic E-state index is 0.120. The molecular weight excluding hydrogens is 154 g/mol. The first kappa shape index (κ1) is 8.01. The van der Waals surface area contributed by atoms with Crippen LogP contribution >= 0.6 is 0 Å². The standard InChI is InChI=1S/C8H15N3O/c1-6-4-8(12-11-6)10-7-2-3-9-5-7/h7-10H,2-5H2,1H3/t7-,8?/m1/s1. The van der Waals surface area contributed by atoms with Crippen molar-refractivity contribution in [2.75, 3.05) is 13.1 Å². The van der Waals surface area contributed by atoms with E-state index in [9.17, 15) is 0 Å². The first-order chi connectivity index (χ1) is 5.84. The zero-order valence-electron chi connectivity index (χ0n) is 7.34. The Kier molecular flexibility index (Phi) is 2.28. The van der Waals surface area contributed by atoms with Gasteiger partial charge in [0.05, 0.1) is 5.71 Å². The molecule has 0 aromatic rings. The smallest absolute Gasteiger partial charge is 0.184 e. The average molecular weight is 169 g/mol. The lowest BCUT2D eigenvalue weighted by molar-refractivity contribution is 0.0522. The van der Waals surface area contributed by atoms with Crippen molar-refractivity contribution in [2.45, 2.75) is 32.0 Å². The zero-order valence-corrected chi connectivity index (χ0v) is 7.34. The summed E-state index contributed by atoms with van der Waals surface area (Å²) in [5.74, 6) is 0. The number of hydrogen-bond donors (Lipinski definition) is 2. The highest BCUT2D eigenvalue weighted by molar-refractivity contribution is 5.82. The van der Waals surface area contributed by atoms with Gasteiger partial charge in [-0.15, -0.1) is 0 Å². The van der Waals surface area contributed by atoms with E-state index in [0.29, 0.717) is 6.04 Å². The summed E-state index contributed by atoms with van der Waals surface area (Å²) < 4.78 is 0. The van der Waals surface area contributed by atoms with E-state index in [-0.39, 0.29) is 6.23 Å². The van der Waals surface area contributed by atoms with E-state index in [1.165, 1.54) is 6.42 Å². The predicted molar refractivity (Wildman–Crippen MR) is 47.0 cm³/mol. The molecule has 0 radical (unpaired) electrons. The van der Waals surface area contributed by atoms with Gasteiger partial charge in [-0.3, -0.25) is 5.32 Å². The van der Waals surface area contributed by atoms with Crippen LogP contribution in [-0.2, 0) is 4.84 Å². The second-order valence-electron chi connectivity index (χ2n) is 3.48. The SMILES string of the molecule is CC1=NOC(N[C@@H]2CCNC2)C1. The quantitative estimate of drug-likeness (QED) is 0.614. The summed E-state index contributed by atoms with van der Waals surface area (Å²) in [7, 11) is 0. The molecule has 0 bridgehead atoms. The van der Waals surface area contributed by atoms with Crippen LogP contribution in [0.25, 0.3) is 0 Å². The van der Waals surface area contributed by atoms with Crippen molar-refractivity contribution in [3.05, 3.63) is 0 Å². The van der Waals surface area contributed by atoms with Crippen molar-refractivity contribution in [1.29, 1.82) is 0 Å². The van der Waals surface area contributed by atoms with Gasteiger partial charge in [0.1, 0.15) is 0 Å². The molecule has 4 nitrogen and oxygen atoms in total. The number of nitrogens with zero attached hydrogens (tertiary/aromatic N) is 1. The largest absolute Gasteiger partial charge is 0.376 e. The van der Waals surface area contributed by atoms with E-state index >= 15 is 0 Å². The van der Waals surface area contributed by atoms with Crippen LogP contribution < -0.4 is 10.6 Å². The van der Waals surface area contributed by atoms with E-state index in [0.717, 1.165) is 25.2 Å². The number of nitrogens with one attached hydrogen (secondary N) is 2. The Bertz CT molecular complexity index is 187. The second-order valence-corrected chi connectivity index (χ2v) is 3.48. The Balaban J connectivity index is 1.74. The highest BCUT2D eigenvalue weighted by Crippen LogP contribution is 2.09. The molecule has 1 saturated heterocycles. The van der Waals surface area contributed by atoms with Crippen molar-refractivity contribution >= 4 is 5.71 Å². The molecule has 0 saturated carbocycles. The summed E-state index contributed by atoms with van der Waals surface area (Å²) >= 11 is 0.